The standard InChI is InChI=1S/C16H21N3O2/c1-3-9-21-16(20)10(2)19-13-6-4-5-12(17)14(13)18-15(19)11-7-8-11/h4-6,10-11H,3,7-9,17H2,1-2H3. The summed E-state index contributed by atoms with van der Waals surface area (Å²) in [5, 5.41) is 0. The Morgan fingerprint density at radius 1 is 1.52 bits per heavy atom. The molecule has 1 saturated carbocycles. The van der Waals surface area contributed by atoms with E-state index in [-0.39, 0.29) is 12.0 Å². The van der Waals surface area contributed by atoms with Gasteiger partial charge >= 0.3 is 5.97 Å². The van der Waals surface area contributed by atoms with Gasteiger partial charge in [0.1, 0.15) is 17.4 Å². The van der Waals surface area contributed by atoms with Crippen LogP contribution in [0.25, 0.3) is 11.0 Å². The number of carbonyl (C=O) groups excluding carboxylic acids is 1. The van der Waals surface area contributed by atoms with Gasteiger partial charge in [-0.15, -0.1) is 0 Å². The largest absolute Gasteiger partial charge is 0.464 e. The number of carbonyl (C=O) groups is 1. The molecule has 0 radical (unpaired) electrons. The Labute approximate surface area is 124 Å². The Hall–Kier alpha value is -2.04. The number of aromatic nitrogens is 2. The van der Waals surface area contributed by atoms with E-state index in [1.165, 1.54) is 0 Å². The van der Waals surface area contributed by atoms with Gasteiger partial charge in [-0.2, -0.15) is 0 Å². The van der Waals surface area contributed by atoms with E-state index in [9.17, 15) is 4.79 Å². The first-order valence-corrected chi connectivity index (χ1v) is 7.56. The highest BCUT2D eigenvalue weighted by atomic mass is 16.5. The van der Waals surface area contributed by atoms with Crippen molar-refractivity contribution in [3.05, 3.63) is 24.0 Å². The lowest BCUT2D eigenvalue weighted by molar-refractivity contribution is -0.147. The Morgan fingerprint density at radius 2 is 2.29 bits per heavy atom. The van der Waals surface area contributed by atoms with Crippen LogP contribution in [0, 0.1) is 0 Å². The summed E-state index contributed by atoms with van der Waals surface area (Å²) in [5.41, 5.74) is 8.38. The van der Waals surface area contributed by atoms with E-state index in [0.29, 0.717) is 18.2 Å². The summed E-state index contributed by atoms with van der Waals surface area (Å²) < 4.78 is 7.29. The maximum Gasteiger partial charge on any atom is 0.328 e. The van der Waals surface area contributed by atoms with Crippen LogP contribution in [0.2, 0.25) is 0 Å². The molecule has 0 aliphatic heterocycles. The van der Waals surface area contributed by atoms with Crippen LogP contribution in [0.3, 0.4) is 0 Å². The smallest absolute Gasteiger partial charge is 0.328 e. The number of imidazole rings is 1. The lowest BCUT2D eigenvalue weighted by Gasteiger charge is -2.16. The first kappa shape index (κ1) is 13.9. The number of hydrogen-bond acceptors (Lipinski definition) is 4. The van der Waals surface area contributed by atoms with Gasteiger partial charge in [-0.05, 0) is 38.3 Å². The van der Waals surface area contributed by atoms with Crippen LogP contribution in [0.5, 0.6) is 0 Å². The number of nitrogens with zero attached hydrogens (tertiary/aromatic N) is 2. The quantitative estimate of drug-likeness (QED) is 0.678. The van der Waals surface area contributed by atoms with E-state index < -0.39 is 0 Å². The van der Waals surface area contributed by atoms with Crippen molar-refractivity contribution in [1.82, 2.24) is 9.55 Å². The Morgan fingerprint density at radius 3 is 2.95 bits per heavy atom. The van der Waals surface area contributed by atoms with E-state index in [0.717, 1.165) is 36.1 Å². The number of hydrogen-bond donors (Lipinski definition) is 1. The van der Waals surface area contributed by atoms with E-state index in [1.54, 1.807) is 0 Å². The van der Waals surface area contributed by atoms with Gasteiger partial charge in [-0.1, -0.05) is 13.0 Å². The number of rotatable bonds is 5. The molecule has 3 rings (SSSR count). The van der Waals surface area contributed by atoms with Gasteiger partial charge in [-0.3, -0.25) is 0 Å². The minimum absolute atomic E-state index is 0.208. The second-order valence-electron chi connectivity index (χ2n) is 5.67. The maximum atomic E-state index is 12.2. The van der Waals surface area contributed by atoms with Crippen LogP contribution in [-0.2, 0) is 9.53 Å². The van der Waals surface area contributed by atoms with Crippen LogP contribution < -0.4 is 5.73 Å². The summed E-state index contributed by atoms with van der Waals surface area (Å²) in [6, 6.07) is 5.33. The number of esters is 1. The Balaban J connectivity index is 2.05. The molecule has 5 heteroatoms. The molecule has 1 fully saturated rings. The molecule has 1 aromatic carbocycles. The number of para-hydroxylation sites is 1. The maximum absolute atomic E-state index is 12.2. The number of ether oxygens (including phenoxy) is 1. The molecule has 0 saturated heterocycles. The zero-order valence-corrected chi connectivity index (χ0v) is 12.5. The highest BCUT2D eigenvalue weighted by molar-refractivity contribution is 5.89. The topological polar surface area (TPSA) is 70.1 Å². The van der Waals surface area contributed by atoms with Crippen LogP contribution in [-0.4, -0.2) is 22.1 Å². The monoisotopic (exact) mass is 287 g/mol. The zero-order chi connectivity index (χ0) is 15.0. The van der Waals surface area contributed by atoms with Gasteiger partial charge in [0.15, 0.2) is 0 Å². The lowest BCUT2D eigenvalue weighted by atomic mass is 10.2. The third kappa shape index (κ3) is 2.48. The number of fused-ring (bicyclic) bond motifs is 1. The third-order valence-corrected chi connectivity index (χ3v) is 3.90. The number of nitrogen functional groups attached to an aromatic ring is 1. The highest BCUT2D eigenvalue weighted by Crippen LogP contribution is 2.42. The van der Waals surface area contributed by atoms with Crippen LogP contribution >= 0.6 is 0 Å². The fourth-order valence-electron chi connectivity index (χ4n) is 2.62. The SMILES string of the molecule is CCCOC(=O)C(C)n1c(C2CC2)nc2c(N)cccc21. The normalized spacial score (nSPS) is 16.1. The molecule has 0 bridgehead atoms. The van der Waals surface area contributed by atoms with Gasteiger partial charge in [-0.25, -0.2) is 9.78 Å². The summed E-state index contributed by atoms with van der Waals surface area (Å²) in [7, 11) is 0. The molecule has 0 amide bonds. The summed E-state index contributed by atoms with van der Waals surface area (Å²) in [6.45, 7) is 4.31. The summed E-state index contributed by atoms with van der Waals surface area (Å²) in [5.74, 6) is 1.20. The van der Waals surface area contributed by atoms with Crippen molar-refractivity contribution in [3.63, 3.8) is 0 Å². The van der Waals surface area contributed by atoms with Crippen LogP contribution in [0.1, 0.15) is 50.9 Å². The molecule has 1 unspecified atom stereocenters. The van der Waals surface area contributed by atoms with Crippen LogP contribution in [0.4, 0.5) is 5.69 Å². The highest BCUT2D eigenvalue weighted by Gasteiger charge is 2.33. The number of nitrogens with two attached hydrogens (primary N) is 1. The van der Waals surface area contributed by atoms with Gasteiger partial charge in [0.05, 0.1) is 17.8 Å². The molecular formula is C16H21N3O2. The average molecular weight is 287 g/mol. The van der Waals surface area contributed by atoms with Crippen molar-refractivity contribution in [3.8, 4) is 0 Å². The number of benzene rings is 1. The molecule has 1 atom stereocenters. The predicted molar refractivity (Wildman–Crippen MR) is 82.1 cm³/mol. The fourth-order valence-corrected chi connectivity index (χ4v) is 2.62. The minimum atomic E-state index is -0.376. The van der Waals surface area contributed by atoms with E-state index in [1.807, 2.05) is 36.6 Å². The zero-order valence-electron chi connectivity index (χ0n) is 12.5. The fraction of sp³-hybridized carbons (Fsp3) is 0.500. The van der Waals surface area contributed by atoms with Crippen molar-refractivity contribution in [2.45, 2.75) is 45.1 Å². The van der Waals surface area contributed by atoms with Crippen LogP contribution in [0.15, 0.2) is 18.2 Å². The Bertz CT molecular complexity index is 673. The van der Waals surface area contributed by atoms with E-state index >= 15 is 0 Å². The molecule has 2 N–H and O–H groups in total. The first-order chi connectivity index (χ1) is 10.1. The molecule has 112 valence electrons. The molecule has 5 nitrogen and oxygen atoms in total. The van der Waals surface area contributed by atoms with Gasteiger partial charge < -0.3 is 15.0 Å². The molecule has 1 aromatic heterocycles. The van der Waals surface area contributed by atoms with Gasteiger partial charge in [0.2, 0.25) is 0 Å². The average Bonchev–Trinajstić information content (AvgIpc) is 3.25. The molecule has 0 spiro atoms. The van der Waals surface area contributed by atoms with E-state index in [2.05, 4.69) is 4.98 Å². The van der Waals surface area contributed by atoms with Crippen molar-refractivity contribution < 1.29 is 9.53 Å². The van der Waals surface area contributed by atoms with Gasteiger partial charge in [0.25, 0.3) is 0 Å². The minimum Gasteiger partial charge on any atom is -0.464 e. The summed E-state index contributed by atoms with van der Waals surface area (Å²) >= 11 is 0. The lowest BCUT2D eigenvalue weighted by Crippen LogP contribution is -2.21. The predicted octanol–water partition coefficient (Wildman–Crippen LogP) is 3.01. The van der Waals surface area contributed by atoms with Crippen molar-refractivity contribution in [1.29, 1.82) is 0 Å². The van der Waals surface area contributed by atoms with E-state index in [4.69, 9.17) is 10.5 Å². The molecule has 1 aliphatic rings. The third-order valence-electron chi connectivity index (χ3n) is 3.90. The molecular weight excluding hydrogens is 266 g/mol. The van der Waals surface area contributed by atoms with Crippen molar-refractivity contribution in [2.75, 3.05) is 12.3 Å². The molecule has 21 heavy (non-hydrogen) atoms. The first-order valence-electron chi connectivity index (χ1n) is 7.56. The second-order valence-corrected chi connectivity index (χ2v) is 5.67. The summed E-state index contributed by atoms with van der Waals surface area (Å²) in [4.78, 5) is 16.9. The molecule has 1 aliphatic carbocycles. The number of anilines is 1. The van der Waals surface area contributed by atoms with Gasteiger partial charge in [0, 0.05) is 5.92 Å². The van der Waals surface area contributed by atoms with Crippen molar-refractivity contribution in [2.24, 2.45) is 0 Å². The molecule has 1 heterocycles. The second kappa shape index (κ2) is 5.39. The Kier molecular flexibility index (Phi) is 3.57. The van der Waals surface area contributed by atoms with Crippen molar-refractivity contribution >= 4 is 22.7 Å². The molecule has 2 aromatic rings. The summed E-state index contributed by atoms with van der Waals surface area (Å²) in [6.07, 6.45) is 3.07.